The van der Waals surface area contributed by atoms with E-state index in [0.717, 1.165) is 44.9 Å². The van der Waals surface area contributed by atoms with Gasteiger partial charge in [-0.2, -0.15) is 0 Å². The average molecular weight is 606 g/mol. The smallest absolute Gasteiger partial charge is 0.305 e. The highest BCUT2D eigenvalue weighted by atomic mass is 16.5. The van der Waals surface area contributed by atoms with Gasteiger partial charge in [0.2, 0.25) is 11.6 Å². The zero-order chi connectivity index (χ0) is 31.5. The Bertz CT molecular complexity index is 877. The first kappa shape index (κ1) is 38.4. The van der Waals surface area contributed by atoms with Crippen molar-refractivity contribution in [3.63, 3.8) is 0 Å². The first-order valence-corrected chi connectivity index (χ1v) is 17.2. The van der Waals surface area contributed by atoms with E-state index in [-0.39, 0.29) is 54.4 Å². The number of ether oxygens (including phenoxy) is 3. The van der Waals surface area contributed by atoms with Crippen LogP contribution in [0.5, 0.6) is 0 Å². The minimum Gasteiger partial charge on any atom is -0.489 e. The summed E-state index contributed by atoms with van der Waals surface area (Å²) in [5.41, 5.74) is 0.643. The fourth-order valence-corrected chi connectivity index (χ4v) is 4.81. The Morgan fingerprint density at radius 3 is 1.70 bits per heavy atom. The fourth-order valence-electron chi connectivity index (χ4n) is 4.81. The number of ketones is 2. The average Bonchev–Trinajstić information content (AvgIpc) is 2.99. The van der Waals surface area contributed by atoms with Gasteiger partial charge < -0.3 is 19.5 Å². The highest BCUT2D eigenvalue weighted by Crippen LogP contribution is 2.25. The molecule has 0 unspecified atom stereocenters. The second kappa shape index (κ2) is 25.8. The molecule has 0 saturated carbocycles. The van der Waals surface area contributed by atoms with Gasteiger partial charge in [0.1, 0.15) is 0 Å². The molecule has 1 aliphatic rings. The zero-order valence-corrected chi connectivity index (χ0v) is 27.4. The summed E-state index contributed by atoms with van der Waals surface area (Å²) in [7, 11) is 0. The molecule has 0 amide bonds. The molecule has 0 fully saturated rings. The lowest BCUT2D eigenvalue weighted by molar-refractivity contribution is -0.144. The standard InChI is InChI=1S/C35H59NO7/c1-4-7-10-11-12-13-14-15-16-17-18-21-29-34(40)30(36-24-19-22-32(38)41-25-8-5-2)28-31(37)35(29)43-27-20-23-33(39)42-26-9-6-3/h28,36H,4-27H2,1-3H3. The van der Waals surface area contributed by atoms with Crippen molar-refractivity contribution in [2.24, 2.45) is 0 Å². The molecule has 0 saturated heterocycles. The Morgan fingerprint density at radius 1 is 0.628 bits per heavy atom. The second-order valence-corrected chi connectivity index (χ2v) is 11.5. The van der Waals surface area contributed by atoms with Gasteiger partial charge in [0.05, 0.1) is 25.5 Å². The van der Waals surface area contributed by atoms with Crippen molar-refractivity contribution in [2.75, 3.05) is 26.4 Å². The third-order valence-electron chi connectivity index (χ3n) is 7.49. The van der Waals surface area contributed by atoms with Gasteiger partial charge in [-0.1, -0.05) is 97.8 Å². The van der Waals surface area contributed by atoms with E-state index in [4.69, 9.17) is 14.2 Å². The third-order valence-corrected chi connectivity index (χ3v) is 7.49. The molecule has 0 spiro atoms. The number of unbranched alkanes of at least 4 members (excludes halogenated alkanes) is 12. The molecular weight excluding hydrogens is 546 g/mol. The monoisotopic (exact) mass is 605 g/mol. The lowest BCUT2D eigenvalue weighted by Gasteiger charge is -2.20. The summed E-state index contributed by atoms with van der Waals surface area (Å²) < 4.78 is 16.2. The van der Waals surface area contributed by atoms with Gasteiger partial charge in [0, 0.05) is 31.0 Å². The molecule has 0 radical (unpaired) electrons. The lowest BCUT2D eigenvalue weighted by Crippen LogP contribution is -2.30. The molecule has 0 aromatic heterocycles. The summed E-state index contributed by atoms with van der Waals surface area (Å²) in [6.07, 6.45) is 19.9. The SMILES string of the molecule is CCCCCCCCCCCCCC1=C(OCCCC(=O)OCCCC)C(=O)C=C(NCCCC(=O)OCCCC)C1=O. The summed E-state index contributed by atoms with van der Waals surface area (Å²) in [5.74, 6) is -1.01. The van der Waals surface area contributed by atoms with Gasteiger partial charge in [-0.3, -0.25) is 19.2 Å². The van der Waals surface area contributed by atoms with E-state index >= 15 is 0 Å². The predicted molar refractivity (Wildman–Crippen MR) is 170 cm³/mol. The van der Waals surface area contributed by atoms with Crippen molar-refractivity contribution in [2.45, 2.75) is 149 Å². The van der Waals surface area contributed by atoms with E-state index in [1.54, 1.807) is 0 Å². The molecule has 1 rings (SSSR count). The van der Waals surface area contributed by atoms with Crippen LogP contribution in [0, 0.1) is 0 Å². The molecule has 0 atom stereocenters. The van der Waals surface area contributed by atoms with Gasteiger partial charge in [-0.25, -0.2) is 0 Å². The van der Waals surface area contributed by atoms with E-state index in [1.807, 2.05) is 13.8 Å². The van der Waals surface area contributed by atoms with Crippen LogP contribution in [-0.2, 0) is 33.4 Å². The normalized spacial score (nSPS) is 13.2. The molecule has 0 heterocycles. The van der Waals surface area contributed by atoms with E-state index < -0.39 is 0 Å². The van der Waals surface area contributed by atoms with Gasteiger partial charge in [0.25, 0.3) is 0 Å². The Balaban J connectivity index is 2.60. The molecular formula is C35H59NO7. The molecule has 8 nitrogen and oxygen atoms in total. The molecule has 8 heteroatoms. The molecule has 43 heavy (non-hydrogen) atoms. The Kier molecular flexibility index (Phi) is 23.1. The minimum absolute atomic E-state index is 0.0986. The highest BCUT2D eigenvalue weighted by Gasteiger charge is 2.29. The molecule has 1 N–H and O–H groups in total. The van der Waals surface area contributed by atoms with Gasteiger partial charge in [0.15, 0.2) is 5.76 Å². The van der Waals surface area contributed by atoms with Crippen LogP contribution in [0.3, 0.4) is 0 Å². The Labute approximate surface area is 260 Å². The molecule has 0 bridgehead atoms. The van der Waals surface area contributed by atoms with Crippen LogP contribution in [-0.4, -0.2) is 49.9 Å². The number of rotatable bonds is 28. The summed E-state index contributed by atoms with van der Waals surface area (Å²) in [4.78, 5) is 50.2. The topological polar surface area (TPSA) is 108 Å². The number of esters is 2. The molecule has 246 valence electrons. The van der Waals surface area contributed by atoms with Crippen molar-refractivity contribution in [3.8, 4) is 0 Å². The first-order chi connectivity index (χ1) is 20.9. The van der Waals surface area contributed by atoms with Crippen molar-refractivity contribution in [3.05, 3.63) is 23.1 Å². The lowest BCUT2D eigenvalue weighted by atomic mass is 9.93. The fraction of sp³-hybridized carbons (Fsp3) is 0.771. The quantitative estimate of drug-likeness (QED) is 0.0546. The number of nitrogens with one attached hydrogen (secondary N) is 1. The number of hydrogen-bond acceptors (Lipinski definition) is 8. The third kappa shape index (κ3) is 18.6. The van der Waals surface area contributed by atoms with Crippen LogP contribution < -0.4 is 5.32 Å². The molecule has 1 aliphatic carbocycles. The van der Waals surface area contributed by atoms with Gasteiger partial charge >= 0.3 is 11.9 Å². The largest absolute Gasteiger partial charge is 0.489 e. The first-order valence-electron chi connectivity index (χ1n) is 17.2. The van der Waals surface area contributed by atoms with Gasteiger partial charge in [-0.05, 0) is 38.5 Å². The summed E-state index contributed by atoms with van der Waals surface area (Å²) in [5, 5.41) is 3.06. The Hall–Kier alpha value is -2.64. The number of Topliss-reactive ketones (excluding diaryl/α,β-unsaturated/α-hetero) is 1. The number of carbonyl (C=O) groups is 4. The number of hydrogen-bond donors (Lipinski definition) is 1. The van der Waals surface area contributed by atoms with E-state index in [1.165, 1.54) is 57.4 Å². The van der Waals surface area contributed by atoms with Gasteiger partial charge in [-0.15, -0.1) is 0 Å². The van der Waals surface area contributed by atoms with Crippen LogP contribution in [0.15, 0.2) is 23.1 Å². The van der Waals surface area contributed by atoms with Crippen molar-refractivity contribution in [1.29, 1.82) is 0 Å². The molecule has 0 aromatic carbocycles. The highest BCUT2D eigenvalue weighted by molar-refractivity contribution is 6.21. The Morgan fingerprint density at radius 2 is 1.14 bits per heavy atom. The van der Waals surface area contributed by atoms with Crippen LogP contribution in [0.4, 0.5) is 0 Å². The predicted octanol–water partition coefficient (Wildman–Crippen LogP) is 7.83. The maximum atomic E-state index is 13.4. The van der Waals surface area contributed by atoms with Crippen LogP contribution in [0.25, 0.3) is 0 Å². The van der Waals surface area contributed by atoms with Crippen LogP contribution in [0.1, 0.15) is 149 Å². The second-order valence-electron chi connectivity index (χ2n) is 11.5. The molecule has 0 aromatic rings. The maximum Gasteiger partial charge on any atom is 0.305 e. The number of allylic oxidation sites excluding steroid dienone is 2. The molecule has 0 aliphatic heterocycles. The summed E-state index contributed by atoms with van der Waals surface area (Å²) in [6, 6.07) is 0. The summed E-state index contributed by atoms with van der Waals surface area (Å²) >= 11 is 0. The zero-order valence-electron chi connectivity index (χ0n) is 27.4. The van der Waals surface area contributed by atoms with E-state index in [2.05, 4.69) is 12.2 Å². The van der Waals surface area contributed by atoms with E-state index in [9.17, 15) is 19.2 Å². The summed E-state index contributed by atoms with van der Waals surface area (Å²) in [6.45, 7) is 7.70. The van der Waals surface area contributed by atoms with E-state index in [0.29, 0.717) is 44.6 Å². The number of carbonyl (C=O) groups excluding carboxylic acids is 4. The van der Waals surface area contributed by atoms with Crippen molar-refractivity contribution in [1.82, 2.24) is 5.32 Å². The van der Waals surface area contributed by atoms with Crippen molar-refractivity contribution >= 4 is 23.5 Å². The minimum atomic E-state index is -0.343. The van der Waals surface area contributed by atoms with Crippen LogP contribution >= 0.6 is 0 Å². The maximum absolute atomic E-state index is 13.4. The van der Waals surface area contributed by atoms with Crippen molar-refractivity contribution < 1.29 is 33.4 Å². The van der Waals surface area contributed by atoms with Crippen LogP contribution in [0.2, 0.25) is 0 Å².